The molecule has 1 fully saturated rings. The molecule has 0 saturated carbocycles. The zero-order valence-corrected chi connectivity index (χ0v) is 16.0. The molecule has 0 spiro atoms. The number of aromatic nitrogens is 2. The van der Waals surface area contributed by atoms with Crippen molar-refractivity contribution < 1.29 is 14.6 Å². The number of benzene rings is 1. The number of likely N-dealkylation sites (tertiary alicyclic amines) is 1. The fourth-order valence-corrected chi connectivity index (χ4v) is 3.20. The molecule has 0 bridgehead atoms. The molecule has 2 heterocycles. The Balaban J connectivity index is 1.44. The first-order valence-electron chi connectivity index (χ1n) is 9.44. The van der Waals surface area contributed by atoms with E-state index in [2.05, 4.69) is 15.3 Å². The van der Waals surface area contributed by atoms with Crippen LogP contribution < -0.4 is 10.1 Å². The number of rotatable bonds is 7. The van der Waals surface area contributed by atoms with Crippen LogP contribution in [0.4, 0.5) is 5.69 Å². The fraction of sp³-hybridized carbons (Fsp3) is 0.500. The standard InChI is InChI=1S/C20H28N4O3/c1-3-24-13-18(16(2)22-24)21-19(25)14-23-11-9-20(26,10-12-23)15-27-17-7-5-4-6-8-17/h4-8,13,26H,3,9-12,14-15H2,1-2H3,(H,21,25). The van der Waals surface area contributed by atoms with Crippen molar-refractivity contribution in [2.75, 3.05) is 31.6 Å². The summed E-state index contributed by atoms with van der Waals surface area (Å²) in [6, 6.07) is 9.51. The van der Waals surface area contributed by atoms with E-state index >= 15 is 0 Å². The molecular weight excluding hydrogens is 344 g/mol. The van der Waals surface area contributed by atoms with E-state index in [9.17, 15) is 9.90 Å². The summed E-state index contributed by atoms with van der Waals surface area (Å²) >= 11 is 0. The third kappa shape index (κ3) is 5.30. The van der Waals surface area contributed by atoms with Crippen molar-refractivity contribution in [2.24, 2.45) is 0 Å². The number of nitrogens with zero attached hydrogens (tertiary/aromatic N) is 3. The zero-order chi connectivity index (χ0) is 19.3. The van der Waals surface area contributed by atoms with Gasteiger partial charge in [0.15, 0.2) is 0 Å². The molecule has 1 aliphatic rings. The van der Waals surface area contributed by atoms with Crippen LogP contribution in [0.15, 0.2) is 36.5 Å². The number of piperidine rings is 1. The average Bonchev–Trinajstić information content (AvgIpc) is 3.03. The minimum Gasteiger partial charge on any atom is -0.491 e. The summed E-state index contributed by atoms with van der Waals surface area (Å²) in [4.78, 5) is 14.4. The Morgan fingerprint density at radius 1 is 1.30 bits per heavy atom. The van der Waals surface area contributed by atoms with Crippen LogP contribution in [0.3, 0.4) is 0 Å². The quantitative estimate of drug-likeness (QED) is 0.778. The summed E-state index contributed by atoms with van der Waals surface area (Å²) in [5.41, 5.74) is 0.727. The smallest absolute Gasteiger partial charge is 0.238 e. The number of para-hydroxylation sites is 1. The molecule has 0 unspecified atom stereocenters. The van der Waals surface area contributed by atoms with Gasteiger partial charge in [-0.3, -0.25) is 14.4 Å². The Kier molecular flexibility index (Phi) is 6.13. The molecule has 7 nitrogen and oxygen atoms in total. The Morgan fingerprint density at radius 2 is 2.00 bits per heavy atom. The van der Waals surface area contributed by atoms with Gasteiger partial charge in [0.05, 0.1) is 17.9 Å². The van der Waals surface area contributed by atoms with Crippen LogP contribution in [0.5, 0.6) is 5.75 Å². The minimum absolute atomic E-state index is 0.0558. The van der Waals surface area contributed by atoms with Gasteiger partial charge in [0.2, 0.25) is 5.91 Å². The molecule has 1 saturated heterocycles. The summed E-state index contributed by atoms with van der Waals surface area (Å²) in [6.45, 7) is 6.57. The predicted octanol–water partition coefficient (Wildman–Crippen LogP) is 2.06. The van der Waals surface area contributed by atoms with Crippen LogP contribution in [0.2, 0.25) is 0 Å². The molecule has 0 radical (unpaired) electrons. The van der Waals surface area contributed by atoms with Crippen LogP contribution in [-0.4, -0.2) is 57.5 Å². The number of anilines is 1. The number of carbonyl (C=O) groups excluding carboxylic acids is 1. The van der Waals surface area contributed by atoms with E-state index in [0.29, 0.717) is 32.5 Å². The van der Waals surface area contributed by atoms with Crippen LogP contribution >= 0.6 is 0 Å². The maximum atomic E-state index is 12.3. The lowest BCUT2D eigenvalue weighted by molar-refractivity contribution is -0.119. The maximum absolute atomic E-state index is 12.3. The van der Waals surface area contributed by atoms with Crippen molar-refractivity contribution in [1.82, 2.24) is 14.7 Å². The minimum atomic E-state index is -0.846. The molecule has 0 atom stereocenters. The van der Waals surface area contributed by atoms with Gasteiger partial charge in [0, 0.05) is 25.8 Å². The number of nitrogens with one attached hydrogen (secondary N) is 1. The number of ether oxygens (including phenoxy) is 1. The first kappa shape index (κ1) is 19.4. The molecule has 146 valence electrons. The molecule has 7 heteroatoms. The molecule has 3 rings (SSSR count). The third-order valence-corrected chi connectivity index (χ3v) is 4.95. The van der Waals surface area contributed by atoms with E-state index < -0.39 is 5.60 Å². The van der Waals surface area contributed by atoms with Crippen molar-refractivity contribution >= 4 is 11.6 Å². The molecule has 1 amide bonds. The van der Waals surface area contributed by atoms with Gasteiger partial charge in [-0.1, -0.05) is 18.2 Å². The fourth-order valence-electron chi connectivity index (χ4n) is 3.20. The third-order valence-electron chi connectivity index (χ3n) is 4.95. The van der Waals surface area contributed by atoms with Crippen LogP contribution in [0.1, 0.15) is 25.5 Å². The van der Waals surface area contributed by atoms with Crippen molar-refractivity contribution in [3.63, 3.8) is 0 Å². The summed E-state index contributed by atoms with van der Waals surface area (Å²) in [5.74, 6) is 0.704. The normalized spacial score (nSPS) is 16.9. The van der Waals surface area contributed by atoms with Crippen molar-refractivity contribution in [2.45, 2.75) is 38.8 Å². The van der Waals surface area contributed by atoms with Crippen LogP contribution in [0.25, 0.3) is 0 Å². The van der Waals surface area contributed by atoms with Crippen molar-refractivity contribution in [3.8, 4) is 5.75 Å². The van der Waals surface area contributed by atoms with Gasteiger partial charge in [-0.25, -0.2) is 0 Å². The lowest BCUT2D eigenvalue weighted by Crippen LogP contribution is -2.49. The molecule has 2 aromatic rings. The maximum Gasteiger partial charge on any atom is 0.238 e. The lowest BCUT2D eigenvalue weighted by Gasteiger charge is -2.37. The molecule has 2 N–H and O–H groups in total. The number of hydrogen-bond acceptors (Lipinski definition) is 5. The molecule has 27 heavy (non-hydrogen) atoms. The highest BCUT2D eigenvalue weighted by Crippen LogP contribution is 2.24. The van der Waals surface area contributed by atoms with Gasteiger partial charge < -0.3 is 15.2 Å². The number of aliphatic hydroxyl groups is 1. The molecule has 0 aliphatic carbocycles. The Labute approximate surface area is 159 Å². The van der Waals surface area contributed by atoms with Gasteiger partial charge in [-0.15, -0.1) is 0 Å². The lowest BCUT2D eigenvalue weighted by atomic mass is 9.92. The van der Waals surface area contributed by atoms with Crippen LogP contribution in [-0.2, 0) is 11.3 Å². The summed E-state index contributed by atoms with van der Waals surface area (Å²) in [7, 11) is 0. The van der Waals surface area contributed by atoms with E-state index in [1.54, 1.807) is 4.68 Å². The summed E-state index contributed by atoms with van der Waals surface area (Å²) in [6.07, 6.45) is 3.02. The second-order valence-corrected chi connectivity index (χ2v) is 7.13. The SMILES string of the molecule is CCn1cc(NC(=O)CN2CCC(O)(COc3ccccc3)CC2)c(C)n1. The first-order chi connectivity index (χ1) is 13.0. The highest BCUT2D eigenvalue weighted by atomic mass is 16.5. The zero-order valence-electron chi connectivity index (χ0n) is 16.0. The van der Waals surface area contributed by atoms with Gasteiger partial charge >= 0.3 is 0 Å². The second-order valence-electron chi connectivity index (χ2n) is 7.13. The molecule has 1 aliphatic heterocycles. The van der Waals surface area contributed by atoms with Gasteiger partial charge in [-0.2, -0.15) is 5.10 Å². The largest absolute Gasteiger partial charge is 0.491 e. The monoisotopic (exact) mass is 372 g/mol. The van der Waals surface area contributed by atoms with Crippen LogP contribution in [0, 0.1) is 6.92 Å². The number of amides is 1. The van der Waals surface area contributed by atoms with Crippen molar-refractivity contribution in [1.29, 1.82) is 0 Å². The number of carbonyl (C=O) groups is 1. The number of hydrogen-bond donors (Lipinski definition) is 2. The molecule has 1 aromatic carbocycles. The molecular formula is C20H28N4O3. The first-order valence-corrected chi connectivity index (χ1v) is 9.44. The Morgan fingerprint density at radius 3 is 2.63 bits per heavy atom. The highest BCUT2D eigenvalue weighted by Gasteiger charge is 2.33. The van der Waals surface area contributed by atoms with Crippen molar-refractivity contribution in [3.05, 3.63) is 42.2 Å². The molecule has 1 aromatic heterocycles. The van der Waals surface area contributed by atoms with E-state index in [0.717, 1.165) is 23.7 Å². The van der Waals surface area contributed by atoms with E-state index in [4.69, 9.17) is 4.74 Å². The summed E-state index contributed by atoms with van der Waals surface area (Å²) < 4.78 is 7.52. The Bertz CT molecular complexity index is 752. The summed E-state index contributed by atoms with van der Waals surface area (Å²) in [5, 5.41) is 18.0. The van der Waals surface area contributed by atoms with E-state index in [1.807, 2.05) is 50.4 Å². The predicted molar refractivity (Wildman–Crippen MR) is 104 cm³/mol. The average molecular weight is 372 g/mol. The van der Waals surface area contributed by atoms with E-state index in [-0.39, 0.29) is 12.5 Å². The van der Waals surface area contributed by atoms with E-state index in [1.165, 1.54) is 0 Å². The Hall–Kier alpha value is -2.38. The topological polar surface area (TPSA) is 79.6 Å². The van der Waals surface area contributed by atoms with Gasteiger partial charge in [0.1, 0.15) is 18.0 Å². The van der Waals surface area contributed by atoms with Gasteiger partial charge in [0.25, 0.3) is 0 Å². The highest BCUT2D eigenvalue weighted by molar-refractivity contribution is 5.92. The second kappa shape index (κ2) is 8.54. The number of aryl methyl sites for hydroxylation is 2. The van der Waals surface area contributed by atoms with Gasteiger partial charge in [-0.05, 0) is 38.8 Å².